The number of anilines is 2. The molecule has 1 unspecified atom stereocenters. The Bertz CT molecular complexity index is 2090. The first-order valence-electron chi connectivity index (χ1n) is 15.3. The molecule has 6 heterocycles. The van der Waals surface area contributed by atoms with Crippen LogP contribution in [0.2, 0.25) is 5.02 Å². The number of terminal acetylenes is 1. The number of benzene rings is 2. The van der Waals surface area contributed by atoms with Crippen LogP contribution >= 0.6 is 22.9 Å². The van der Waals surface area contributed by atoms with E-state index in [-0.39, 0.29) is 77.8 Å². The molecule has 8 rings (SSSR count). The SMILES string of the molecule is [C-]#[N+]c1c(N)sc2c(F)ccc(-c3c(Cl)c4c5c(nc(OC[C@@]67CCCN6CC(=C)C7)nc5c3F)N(C3CCOC3)[C@@H](C#C)CO4)c12. The van der Waals surface area contributed by atoms with E-state index in [1.807, 2.05) is 4.90 Å². The predicted molar refractivity (Wildman–Crippen MR) is 179 cm³/mol. The van der Waals surface area contributed by atoms with Crippen LogP contribution in [0.4, 0.5) is 25.3 Å². The molecule has 3 atom stereocenters. The molecule has 240 valence electrons. The Balaban J connectivity index is 1.37. The summed E-state index contributed by atoms with van der Waals surface area (Å²) < 4.78 is 50.7. The summed E-state index contributed by atoms with van der Waals surface area (Å²) >= 11 is 7.97. The maximum Gasteiger partial charge on any atom is 0.319 e. The maximum absolute atomic E-state index is 17.2. The molecule has 4 aromatic rings. The Morgan fingerprint density at radius 1 is 1.30 bits per heavy atom. The van der Waals surface area contributed by atoms with Crippen molar-refractivity contribution >= 4 is 60.4 Å². The Kier molecular flexibility index (Phi) is 7.19. The molecule has 3 fully saturated rings. The second-order valence-corrected chi connectivity index (χ2v) is 13.9. The highest BCUT2D eigenvalue weighted by Gasteiger charge is 2.47. The molecule has 0 spiro atoms. The number of nitrogens with two attached hydrogens (primary N) is 1. The zero-order valence-corrected chi connectivity index (χ0v) is 26.8. The average molecular weight is 675 g/mol. The molecule has 2 N–H and O–H groups in total. The van der Waals surface area contributed by atoms with E-state index in [4.69, 9.17) is 49.5 Å². The van der Waals surface area contributed by atoms with E-state index < -0.39 is 17.7 Å². The van der Waals surface area contributed by atoms with Crippen molar-refractivity contribution in [1.29, 1.82) is 0 Å². The van der Waals surface area contributed by atoms with Gasteiger partial charge in [-0.2, -0.15) is 9.97 Å². The van der Waals surface area contributed by atoms with Gasteiger partial charge in [0.2, 0.25) is 5.69 Å². The molecular weight excluding hydrogens is 646 g/mol. The number of thiophene rings is 1. The quantitative estimate of drug-likeness (QED) is 0.142. The van der Waals surface area contributed by atoms with Crippen molar-refractivity contribution in [2.24, 2.45) is 0 Å². The minimum atomic E-state index is -0.795. The van der Waals surface area contributed by atoms with Crippen molar-refractivity contribution in [2.75, 3.05) is 50.2 Å². The zero-order valence-electron chi connectivity index (χ0n) is 25.2. The second kappa shape index (κ2) is 11.2. The molecule has 3 saturated heterocycles. The van der Waals surface area contributed by atoms with Crippen molar-refractivity contribution in [3.8, 4) is 35.2 Å². The van der Waals surface area contributed by atoms with Gasteiger partial charge in [-0.3, -0.25) is 4.90 Å². The van der Waals surface area contributed by atoms with Gasteiger partial charge in [-0.15, -0.1) is 17.8 Å². The lowest BCUT2D eigenvalue weighted by atomic mass is 9.94. The summed E-state index contributed by atoms with van der Waals surface area (Å²) in [7, 11) is 0. The number of fused-ring (bicyclic) bond motifs is 2. The van der Waals surface area contributed by atoms with E-state index in [9.17, 15) is 0 Å². The van der Waals surface area contributed by atoms with Gasteiger partial charge in [-0.05, 0) is 43.9 Å². The van der Waals surface area contributed by atoms with Crippen LogP contribution in [0.5, 0.6) is 11.8 Å². The number of halogens is 3. The van der Waals surface area contributed by atoms with Gasteiger partial charge >= 0.3 is 6.01 Å². The van der Waals surface area contributed by atoms with E-state index in [2.05, 4.69) is 27.2 Å². The van der Waals surface area contributed by atoms with Crippen molar-refractivity contribution in [1.82, 2.24) is 14.9 Å². The van der Waals surface area contributed by atoms with Gasteiger partial charge in [-0.1, -0.05) is 35.7 Å². The molecule has 0 saturated carbocycles. The van der Waals surface area contributed by atoms with Crippen LogP contribution in [0.25, 0.3) is 37.0 Å². The number of aromatic nitrogens is 2. The molecule has 0 radical (unpaired) electrons. The number of ether oxygens (including phenoxy) is 3. The highest BCUT2D eigenvalue weighted by Crippen LogP contribution is 2.53. The third-order valence-corrected chi connectivity index (χ3v) is 11.2. The van der Waals surface area contributed by atoms with Gasteiger partial charge in [0.1, 0.15) is 36.4 Å². The van der Waals surface area contributed by atoms with Gasteiger partial charge in [-0.25, -0.2) is 13.6 Å². The topological polar surface area (TPSA) is 90.3 Å². The summed E-state index contributed by atoms with van der Waals surface area (Å²) in [6.45, 7) is 15.0. The maximum atomic E-state index is 17.2. The van der Waals surface area contributed by atoms with Crippen LogP contribution in [-0.4, -0.2) is 72.0 Å². The largest absolute Gasteiger partial charge is 0.488 e. The van der Waals surface area contributed by atoms with Crippen molar-refractivity contribution in [3.05, 3.63) is 52.4 Å². The first-order valence-corrected chi connectivity index (χ1v) is 16.5. The lowest BCUT2D eigenvalue weighted by molar-refractivity contribution is 0.108. The highest BCUT2D eigenvalue weighted by atomic mass is 35.5. The Morgan fingerprint density at radius 3 is 2.91 bits per heavy atom. The number of rotatable bonds is 5. The molecule has 13 heteroatoms. The van der Waals surface area contributed by atoms with Crippen molar-refractivity contribution < 1.29 is 23.0 Å². The Labute approximate surface area is 278 Å². The van der Waals surface area contributed by atoms with Crippen LogP contribution in [0.15, 0.2) is 24.3 Å². The van der Waals surface area contributed by atoms with Gasteiger partial charge in [0, 0.05) is 24.1 Å². The fraction of sp³-hybridized carbons (Fsp3) is 0.382. The Morgan fingerprint density at radius 2 is 2.15 bits per heavy atom. The fourth-order valence-electron chi connectivity index (χ4n) is 7.68. The third-order valence-electron chi connectivity index (χ3n) is 9.78. The standard InChI is InChI=1S/C34H29ClF2N6O3S/c1-4-18-15-45-29-24-27(26(37)22(25(29)35)20-6-7-21(36)30-23(20)28(39-3)31(38)47-30)40-33(41-32(24)43(18)19-8-11-44-14-19)46-16-34-9-5-10-42(34)13-17(2)12-34/h1,6-7,18-19H,2,5,8-16,38H2/t18-,19?,34-/m0/s1. The summed E-state index contributed by atoms with van der Waals surface area (Å²) in [5.41, 5.74) is 7.06. The summed E-state index contributed by atoms with van der Waals surface area (Å²) in [6.07, 6.45) is 9.53. The number of hydrogen-bond donors (Lipinski definition) is 1. The van der Waals surface area contributed by atoms with Crippen molar-refractivity contribution in [2.45, 2.75) is 43.3 Å². The molecule has 0 bridgehead atoms. The molecule has 2 aromatic heterocycles. The van der Waals surface area contributed by atoms with Gasteiger partial charge in [0.05, 0.1) is 44.9 Å². The van der Waals surface area contributed by atoms with E-state index in [0.29, 0.717) is 32.1 Å². The van der Waals surface area contributed by atoms with Crippen LogP contribution in [-0.2, 0) is 4.74 Å². The molecule has 0 amide bonds. The molecule has 0 aliphatic carbocycles. The average Bonchev–Trinajstić information content (AvgIpc) is 3.82. The van der Waals surface area contributed by atoms with Crippen LogP contribution in [0.1, 0.15) is 25.7 Å². The van der Waals surface area contributed by atoms with E-state index in [1.165, 1.54) is 12.1 Å². The smallest absolute Gasteiger partial charge is 0.319 e. The van der Waals surface area contributed by atoms with Crippen molar-refractivity contribution in [3.63, 3.8) is 0 Å². The summed E-state index contributed by atoms with van der Waals surface area (Å²) in [6, 6.07) is 1.83. The number of nitrogen functional groups attached to an aromatic ring is 1. The predicted octanol–water partition coefficient (Wildman–Crippen LogP) is 6.74. The van der Waals surface area contributed by atoms with Gasteiger partial charge in [0.15, 0.2) is 11.6 Å². The van der Waals surface area contributed by atoms with Gasteiger partial charge in [0.25, 0.3) is 0 Å². The Hall–Kier alpha value is -4.20. The molecular formula is C34H29ClF2N6O3S. The lowest BCUT2D eigenvalue weighted by Gasteiger charge is -2.33. The normalized spacial score (nSPS) is 23.9. The van der Waals surface area contributed by atoms with Crippen LogP contribution in [0.3, 0.4) is 0 Å². The molecule has 2 aromatic carbocycles. The zero-order chi connectivity index (χ0) is 32.6. The number of nitrogens with zero attached hydrogens (tertiary/aromatic N) is 5. The summed E-state index contributed by atoms with van der Waals surface area (Å²) in [5, 5.41) is 0.459. The highest BCUT2D eigenvalue weighted by molar-refractivity contribution is 7.23. The van der Waals surface area contributed by atoms with E-state index in [0.717, 1.165) is 49.3 Å². The fourth-order valence-corrected chi connectivity index (χ4v) is 8.96. The minimum Gasteiger partial charge on any atom is -0.488 e. The monoisotopic (exact) mass is 674 g/mol. The summed E-state index contributed by atoms with van der Waals surface area (Å²) in [5.74, 6) is 1.91. The van der Waals surface area contributed by atoms with Crippen LogP contribution in [0, 0.1) is 30.6 Å². The second-order valence-electron chi connectivity index (χ2n) is 12.5. The lowest BCUT2D eigenvalue weighted by Crippen LogP contribution is -2.46. The molecule has 4 aliphatic heterocycles. The van der Waals surface area contributed by atoms with Gasteiger partial charge < -0.3 is 24.8 Å². The van der Waals surface area contributed by atoms with E-state index in [1.54, 1.807) is 0 Å². The summed E-state index contributed by atoms with van der Waals surface area (Å²) in [4.78, 5) is 17.4. The van der Waals surface area contributed by atoms with Crippen LogP contribution < -0.4 is 20.1 Å². The number of hydrogen-bond acceptors (Lipinski definition) is 9. The molecule has 9 nitrogen and oxygen atoms in total. The first-order chi connectivity index (χ1) is 22.7. The first kappa shape index (κ1) is 30.2. The molecule has 4 aliphatic rings. The minimum absolute atomic E-state index is 0.0168. The third kappa shape index (κ3) is 4.54. The van der Waals surface area contributed by atoms with E-state index >= 15 is 8.78 Å². The molecule has 47 heavy (non-hydrogen) atoms.